The highest BCUT2D eigenvalue weighted by atomic mass is 16.5. The smallest absolute Gasteiger partial charge is 0.344 e. The maximum atomic E-state index is 11.7. The van der Waals surface area contributed by atoms with E-state index in [0.717, 1.165) is 6.08 Å². The number of carbonyl (C=O) groups is 2. The maximum Gasteiger partial charge on any atom is 0.344 e. The second-order valence-electron chi connectivity index (χ2n) is 3.75. The van der Waals surface area contributed by atoms with Crippen molar-refractivity contribution < 1.29 is 23.8 Å². The molecule has 0 N–H and O–H groups in total. The van der Waals surface area contributed by atoms with Crippen LogP contribution >= 0.6 is 0 Å². The van der Waals surface area contributed by atoms with Crippen molar-refractivity contribution in [2.75, 3.05) is 14.2 Å². The normalized spacial score (nSPS) is 16.0. The van der Waals surface area contributed by atoms with Gasteiger partial charge in [-0.15, -0.1) is 0 Å². The molecule has 0 fully saturated rings. The van der Waals surface area contributed by atoms with Crippen LogP contribution in [-0.4, -0.2) is 26.2 Å². The monoisotopic (exact) mass is 260 g/mol. The highest BCUT2D eigenvalue weighted by Gasteiger charge is 2.23. The molecule has 1 aromatic carbocycles. The summed E-state index contributed by atoms with van der Waals surface area (Å²) in [6.45, 7) is 0. The number of methoxy groups -OCH3 is 2. The lowest BCUT2D eigenvalue weighted by Crippen LogP contribution is -2.00. The molecule has 1 aliphatic heterocycles. The largest absolute Gasteiger partial charge is 0.497 e. The number of carbonyl (C=O) groups excluding carboxylic acids is 2. The Kier molecular flexibility index (Phi) is 3.66. The van der Waals surface area contributed by atoms with Crippen LogP contribution in [-0.2, 0) is 19.1 Å². The van der Waals surface area contributed by atoms with Gasteiger partial charge in [-0.2, -0.15) is 0 Å². The molecule has 5 nitrogen and oxygen atoms in total. The van der Waals surface area contributed by atoms with Crippen molar-refractivity contribution in [3.8, 4) is 5.75 Å². The summed E-state index contributed by atoms with van der Waals surface area (Å²) >= 11 is 0. The summed E-state index contributed by atoms with van der Waals surface area (Å²) in [5.41, 5.74) is 1.08. The topological polar surface area (TPSA) is 61.8 Å². The first-order valence-corrected chi connectivity index (χ1v) is 5.52. The number of allylic oxidation sites excluding steroid dienone is 1. The standard InChI is InChI=1S/C14H12O5/c1-17-10-5-3-9(4-6-10)12-7-11(19-14(12)16)8-13(15)18-2/h3-8H,1-2H3/b11-8+. The zero-order chi connectivity index (χ0) is 13.8. The highest BCUT2D eigenvalue weighted by molar-refractivity contribution is 6.19. The Bertz CT molecular complexity index is 566. The van der Waals surface area contributed by atoms with E-state index in [9.17, 15) is 9.59 Å². The van der Waals surface area contributed by atoms with E-state index in [1.54, 1.807) is 31.4 Å². The minimum Gasteiger partial charge on any atom is -0.497 e. The molecule has 2 rings (SSSR count). The summed E-state index contributed by atoms with van der Waals surface area (Å²) in [5, 5.41) is 0. The summed E-state index contributed by atoms with van der Waals surface area (Å²) in [5.74, 6) is -0.209. The van der Waals surface area contributed by atoms with Crippen molar-refractivity contribution in [3.63, 3.8) is 0 Å². The Morgan fingerprint density at radius 2 is 1.89 bits per heavy atom. The van der Waals surface area contributed by atoms with Gasteiger partial charge in [0.25, 0.3) is 0 Å². The van der Waals surface area contributed by atoms with E-state index >= 15 is 0 Å². The summed E-state index contributed by atoms with van der Waals surface area (Å²) in [7, 11) is 2.82. The van der Waals surface area contributed by atoms with E-state index < -0.39 is 11.9 Å². The molecule has 98 valence electrons. The molecule has 1 heterocycles. The SMILES string of the molecule is COC(=O)/C=C1\C=C(c2ccc(OC)cc2)C(=O)O1. The van der Waals surface area contributed by atoms with E-state index in [4.69, 9.17) is 9.47 Å². The van der Waals surface area contributed by atoms with Crippen molar-refractivity contribution in [1.29, 1.82) is 0 Å². The van der Waals surface area contributed by atoms with Crippen LogP contribution in [0.4, 0.5) is 0 Å². The molecule has 1 aliphatic rings. The Hall–Kier alpha value is -2.56. The second kappa shape index (κ2) is 5.39. The number of esters is 2. The first kappa shape index (κ1) is 12.9. The molecule has 0 unspecified atom stereocenters. The van der Waals surface area contributed by atoms with Crippen LogP contribution in [0.1, 0.15) is 5.56 Å². The van der Waals surface area contributed by atoms with Gasteiger partial charge in [-0.1, -0.05) is 12.1 Å². The molecule has 0 bridgehead atoms. The molecule has 0 amide bonds. The summed E-state index contributed by atoms with van der Waals surface area (Å²) < 4.78 is 14.5. The zero-order valence-corrected chi connectivity index (χ0v) is 10.5. The van der Waals surface area contributed by atoms with E-state index in [1.165, 1.54) is 13.2 Å². The van der Waals surface area contributed by atoms with E-state index in [0.29, 0.717) is 16.9 Å². The fraction of sp³-hybridized carbons (Fsp3) is 0.143. The van der Waals surface area contributed by atoms with Crippen LogP contribution < -0.4 is 4.74 Å². The molecular weight excluding hydrogens is 248 g/mol. The quantitative estimate of drug-likeness (QED) is 0.611. The van der Waals surface area contributed by atoms with Crippen LogP contribution in [0.25, 0.3) is 5.57 Å². The molecule has 0 saturated heterocycles. The predicted octanol–water partition coefficient (Wildman–Crippen LogP) is 1.69. The van der Waals surface area contributed by atoms with Gasteiger partial charge in [-0.25, -0.2) is 9.59 Å². The number of benzene rings is 1. The van der Waals surface area contributed by atoms with Crippen molar-refractivity contribution in [2.45, 2.75) is 0 Å². The van der Waals surface area contributed by atoms with Gasteiger partial charge in [-0.05, 0) is 23.8 Å². The summed E-state index contributed by atoms with van der Waals surface area (Å²) in [4.78, 5) is 22.8. The fourth-order valence-corrected chi connectivity index (χ4v) is 1.61. The third-order valence-corrected chi connectivity index (χ3v) is 2.58. The van der Waals surface area contributed by atoms with Crippen molar-refractivity contribution >= 4 is 17.5 Å². The van der Waals surface area contributed by atoms with Gasteiger partial charge in [0, 0.05) is 0 Å². The van der Waals surface area contributed by atoms with Crippen molar-refractivity contribution in [1.82, 2.24) is 0 Å². The van der Waals surface area contributed by atoms with Crippen molar-refractivity contribution in [3.05, 3.63) is 47.7 Å². The zero-order valence-electron chi connectivity index (χ0n) is 10.5. The number of rotatable bonds is 3. The lowest BCUT2D eigenvalue weighted by Gasteiger charge is -2.01. The Morgan fingerprint density at radius 1 is 1.21 bits per heavy atom. The maximum absolute atomic E-state index is 11.7. The average Bonchev–Trinajstić information content (AvgIpc) is 2.79. The molecule has 0 aromatic heterocycles. The number of cyclic esters (lactones) is 1. The van der Waals surface area contributed by atoms with Crippen LogP contribution in [0, 0.1) is 0 Å². The van der Waals surface area contributed by atoms with E-state index in [-0.39, 0.29) is 5.76 Å². The number of hydrogen-bond acceptors (Lipinski definition) is 5. The lowest BCUT2D eigenvalue weighted by atomic mass is 10.1. The van der Waals surface area contributed by atoms with Crippen LogP contribution in [0.5, 0.6) is 5.75 Å². The number of ether oxygens (including phenoxy) is 3. The molecule has 5 heteroatoms. The lowest BCUT2D eigenvalue weighted by molar-refractivity contribution is -0.135. The predicted molar refractivity (Wildman–Crippen MR) is 67.2 cm³/mol. The Morgan fingerprint density at radius 3 is 2.47 bits per heavy atom. The second-order valence-corrected chi connectivity index (χ2v) is 3.75. The van der Waals surface area contributed by atoms with E-state index in [1.807, 2.05) is 0 Å². The van der Waals surface area contributed by atoms with Crippen molar-refractivity contribution in [2.24, 2.45) is 0 Å². The van der Waals surface area contributed by atoms with Gasteiger partial charge in [0.05, 0.1) is 25.9 Å². The number of hydrogen-bond donors (Lipinski definition) is 0. The van der Waals surface area contributed by atoms with Gasteiger partial charge >= 0.3 is 11.9 Å². The summed E-state index contributed by atoms with van der Waals surface area (Å²) in [6, 6.07) is 6.97. The molecule has 0 saturated carbocycles. The van der Waals surface area contributed by atoms with Crippen LogP contribution in [0.3, 0.4) is 0 Å². The van der Waals surface area contributed by atoms with Crippen LogP contribution in [0.15, 0.2) is 42.2 Å². The first-order chi connectivity index (χ1) is 9.13. The Balaban J connectivity index is 2.28. The third-order valence-electron chi connectivity index (χ3n) is 2.58. The molecular formula is C14H12O5. The Labute approximate surface area is 110 Å². The van der Waals surface area contributed by atoms with Gasteiger partial charge in [0.15, 0.2) is 0 Å². The first-order valence-electron chi connectivity index (χ1n) is 5.52. The minimum atomic E-state index is -0.574. The van der Waals surface area contributed by atoms with Crippen LogP contribution in [0.2, 0.25) is 0 Å². The summed E-state index contributed by atoms with van der Waals surface area (Å²) in [6.07, 6.45) is 2.62. The fourth-order valence-electron chi connectivity index (χ4n) is 1.61. The molecule has 0 aliphatic carbocycles. The third kappa shape index (κ3) is 2.82. The van der Waals surface area contributed by atoms with Gasteiger partial charge in [0.2, 0.25) is 0 Å². The van der Waals surface area contributed by atoms with Gasteiger partial charge in [-0.3, -0.25) is 0 Å². The highest BCUT2D eigenvalue weighted by Crippen LogP contribution is 2.27. The van der Waals surface area contributed by atoms with E-state index in [2.05, 4.69) is 4.74 Å². The molecule has 1 aromatic rings. The minimum absolute atomic E-state index is 0.169. The van der Waals surface area contributed by atoms with Gasteiger partial charge in [0.1, 0.15) is 11.5 Å². The molecule has 19 heavy (non-hydrogen) atoms. The molecule has 0 radical (unpaired) electrons. The van der Waals surface area contributed by atoms with Gasteiger partial charge < -0.3 is 14.2 Å². The molecule has 0 spiro atoms. The average molecular weight is 260 g/mol. The molecule has 0 atom stereocenters.